The zero-order valence-corrected chi connectivity index (χ0v) is 6.18. The molecule has 0 bridgehead atoms. The molecule has 0 N–H and O–H groups in total. The quantitative estimate of drug-likeness (QED) is 0.489. The van der Waals surface area contributed by atoms with E-state index < -0.39 is 11.0 Å². The Morgan fingerprint density at radius 1 is 1.42 bits per heavy atom. The van der Waals surface area contributed by atoms with Crippen LogP contribution in [0.15, 0.2) is 30.3 Å². The van der Waals surface area contributed by atoms with E-state index in [4.69, 9.17) is 5.26 Å². The van der Waals surface area contributed by atoms with Crippen LogP contribution < -0.4 is 0 Å². The number of nitriles is 1. The fourth-order valence-corrected chi connectivity index (χ4v) is 0.879. The predicted molar refractivity (Wildman–Crippen MR) is 41.8 cm³/mol. The van der Waals surface area contributed by atoms with Crippen LogP contribution in [0.25, 0.3) is 0 Å². The van der Waals surface area contributed by atoms with Crippen molar-refractivity contribution in [2.24, 2.45) is 0 Å². The molecule has 0 aliphatic rings. The Morgan fingerprint density at radius 3 is 2.42 bits per heavy atom. The van der Waals surface area contributed by atoms with Crippen LogP contribution in [0, 0.1) is 21.4 Å². The molecule has 0 aromatic heterocycles. The van der Waals surface area contributed by atoms with Crippen molar-refractivity contribution in [3.05, 3.63) is 46.0 Å². The zero-order chi connectivity index (χ0) is 8.97. The van der Waals surface area contributed by atoms with Gasteiger partial charge in [-0.2, -0.15) is 5.26 Å². The molecule has 0 radical (unpaired) electrons. The lowest BCUT2D eigenvalue weighted by molar-refractivity contribution is -0.512. The summed E-state index contributed by atoms with van der Waals surface area (Å²) in [5, 5.41) is 18.8. The number of hydrogen-bond acceptors (Lipinski definition) is 3. The monoisotopic (exact) mass is 162 g/mol. The minimum Gasteiger partial charge on any atom is -0.263 e. The van der Waals surface area contributed by atoms with Crippen molar-refractivity contribution >= 4 is 0 Å². The summed E-state index contributed by atoms with van der Waals surface area (Å²) in [4.78, 5) is 9.71. The van der Waals surface area contributed by atoms with Gasteiger partial charge in [-0.15, -0.1) is 0 Å². The summed E-state index contributed by atoms with van der Waals surface area (Å²) in [6, 6.07) is 8.59. The van der Waals surface area contributed by atoms with Gasteiger partial charge >= 0.3 is 6.04 Å². The van der Waals surface area contributed by atoms with E-state index in [1.165, 1.54) is 0 Å². The van der Waals surface area contributed by atoms with Crippen LogP contribution in [0.3, 0.4) is 0 Å². The lowest BCUT2D eigenvalue weighted by Gasteiger charge is -1.99. The van der Waals surface area contributed by atoms with Gasteiger partial charge in [-0.05, 0) is 0 Å². The molecule has 1 aromatic rings. The normalized spacial score (nSPS) is 11.6. The number of rotatable bonds is 2. The summed E-state index contributed by atoms with van der Waals surface area (Å²) in [5.41, 5.74) is 0.421. The first kappa shape index (κ1) is 8.21. The van der Waals surface area contributed by atoms with Crippen molar-refractivity contribution in [2.75, 3.05) is 0 Å². The first-order chi connectivity index (χ1) is 5.75. The first-order valence-electron chi connectivity index (χ1n) is 3.33. The van der Waals surface area contributed by atoms with Gasteiger partial charge < -0.3 is 0 Å². The van der Waals surface area contributed by atoms with Crippen molar-refractivity contribution in [3.8, 4) is 6.07 Å². The Balaban J connectivity index is 2.98. The fourth-order valence-electron chi connectivity index (χ4n) is 0.879. The van der Waals surface area contributed by atoms with Gasteiger partial charge in [0.05, 0.1) is 0 Å². The summed E-state index contributed by atoms with van der Waals surface area (Å²) in [6.45, 7) is 0. The molecule has 0 saturated heterocycles. The second-order valence-corrected chi connectivity index (χ2v) is 2.23. The van der Waals surface area contributed by atoms with Gasteiger partial charge in [-0.1, -0.05) is 30.3 Å². The molecule has 1 rings (SSSR count). The van der Waals surface area contributed by atoms with Crippen molar-refractivity contribution in [3.63, 3.8) is 0 Å². The van der Waals surface area contributed by atoms with Gasteiger partial charge in [0.1, 0.15) is 6.07 Å². The third-order valence-electron chi connectivity index (χ3n) is 1.45. The van der Waals surface area contributed by atoms with E-state index in [9.17, 15) is 10.1 Å². The lowest BCUT2D eigenvalue weighted by Crippen LogP contribution is -2.07. The molecule has 0 amide bonds. The minimum absolute atomic E-state index is 0.421. The van der Waals surface area contributed by atoms with Crippen LogP contribution >= 0.6 is 0 Å². The second-order valence-electron chi connectivity index (χ2n) is 2.23. The van der Waals surface area contributed by atoms with Gasteiger partial charge in [0, 0.05) is 10.5 Å². The smallest absolute Gasteiger partial charge is 0.263 e. The molecule has 0 saturated carbocycles. The number of nitrogens with zero attached hydrogens (tertiary/aromatic N) is 2. The van der Waals surface area contributed by atoms with E-state index in [1.54, 1.807) is 36.4 Å². The third kappa shape index (κ3) is 1.58. The lowest BCUT2D eigenvalue weighted by atomic mass is 10.1. The molecule has 0 spiro atoms. The first-order valence-corrected chi connectivity index (χ1v) is 3.33. The highest BCUT2D eigenvalue weighted by Gasteiger charge is 2.20. The number of nitro groups is 1. The molecule has 1 atom stereocenters. The molecule has 12 heavy (non-hydrogen) atoms. The molecular formula is C8H6N2O2. The van der Waals surface area contributed by atoms with Crippen molar-refractivity contribution in [1.82, 2.24) is 0 Å². The number of hydrogen-bond donors (Lipinski definition) is 0. The van der Waals surface area contributed by atoms with Gasteiger partial charge in [0.25, 0.3) is 0 Å². The summed E-state index contributed by atoms with van der Waals surface area (Å²) in [7, 11) is 0. The second kappa shape index (κ2) is 3.49. The molecule has 0 aliphatic heterocycles. The Kier molecular flexibility index (Phi) is 2.38. The van der Waals surface area contributed by atoms with E-state index in [0.29, 0.717) is 5.56 Å². The summed E-state index contributed by atoms with van der Waals surface area (Å²) >= 11 is 0. The molecule has 1 unspecified atom stereocenters. The molecule has 4 nitrogen and oxygen atoms in total. The Bertz CT molecular complexity index is 316. The van der Waals surface area contributed by atoms with Crippen LogP contribution in [0.1, 0.15) is 11.6 Å². The molecular weight excluding hydrogens is 156 g/mol. The van der Waals surface area contributed by atoms with Gasteiger partial charge in [0.2, 0.25) is 0 Å². The molecule has 4 heteroatoms. The van der Waals surface area contributed by atoms with E-state index in [0.717, 1.165) is 0 Å². The van der Waals surface area contributed by atoms with Crippen molar-refractivity contribution in [1.29, 1.82) is 5.26 Å². The Labute approximate surface area is 69.2 Å². The maximum atomic E-state index is 10.3. The Hall–Kier alpha value is -1.89. The van der Waals surface area contributed by atoms with Crippen LogP contribution in [-0.4, -0.2) is 4.92 Å². The summed E-state index contributed by atoms with van der Waals surface area (Å²) in [5.74, 6) is 0. The minimum atomic E-state index is -1.24. The van der Waals surface area contributed by atoms with Crippen LogP contribution in [0.4, 0.5) is 0 Å². The van der Waals surface area contributed by atoms with Gasteiger partial charge in [-0.3, -0.25) is 10.1 Å². The molecule has 1 aromatic carbocycles. The predicted octanol–water partition coefficient (Wildman–Crippen LogP) is 1.53. The average molecular weight is 162 g/mol. The van der Waals surface area contributed by atoms with E-state index in [-0.39, 0.29) is 0 Å². The Morgan fingerprint density at radius 2 is 2.00 bits per heavy atom. The number of benzene rings is 1. The van der Waals surface area contributed by atoms with Crippen molar-refractivity contribution < 1.29 is 4.92 Å². The highest BCUT2D eigenvalue weighted by Crippen LogP contribution is 2.13. The van der Waals surface area contributed by atoms with E-state index in [2.05, 4.69) is 0 Å². The largest absolute Gasteiger partial charge is 0.321 e. The van der Waals surface area contributed by atoms with Crippen LogP contribution in [-0.2, 0) is 0 Å². The molecule has 0 heterocycles. The summed E-state index contributed by atoms with van der Waals surface area (Å²) < 4.78 is 0. The fraction of sp³-hybridized carbons (Fsp3) is 0.125. The SMILES string of the molecule is N#CC(c1ccccc1)[N+](=O)[O-]. The standard InChI is InChI=1S/C8H6N2O2/c9-6-8(10(11)12)7-4-2-1-3-5-7/h1-5,8H. The van der Waals surface area contributed by atoms with Gasteiger partial charge in [-0.25, -0.2) is 0 Å². The van der Waals surface area contributed by atoms with Crippen LogP contribution in [0.5, 0.6) is 0 Å². The molecule has 0 aliphatic carbocycles. The van der Waals surface area contributed by atoms with Crippen LogP contribution in [0.2, 0.25) is 0 Å². The zero-order valence-electron chi connectivity index (χ0n) is 6.18. The molecule has 60 valence electrons. The maximum Gasteiger partial charge on any atom is 0.321 e. The molecule has 0 fully saturated rings. The van der Waals surface area contributed by atoms with Crippen molar-refractivity contribution in [2.45, 2.75) is 6.04 Å². The highest BCUT2D eigenvalue weighted by atomic mass is 16.6. The van der Waals surface area contributed by atoms with Gasteiger partial charge in [0.15, 0.2) is 0 Å². The maximum absolute atomic E-state index is 10.3. The highest BCUT2D eigenvalue weighted by molar-refractivity contribution is 5.21. The summed E-state index contributed by atoms with van der Waals surface area (Å²) in [6.07, 6.45) is 0. The van der Waals surface area contributed by atoms with E-state index in [1.807, 2.05) is 0 Å². The third-order valence-corrected chi connectivity index (χ3v) is 1.45. The topological polar surface area (TPSA) is 66.9 Å². The van der Waals surface area contributed by atoms with E-state index >= 15 is 0 Å². The average Bonchev–Trinajstić information content (AvgIpc) is 2.07.